The number of rotatable bonds is 2. The Morgan fingerprint density at radius 2 is 2.00 bits per heavy atom. The van der Waals surface area contributed by atoms with Crippen LogP contribution in [0.25, 0.3) is 0 Å². The first kappa shape index (κ1) is 19.1. The van der Waals surface area contributed by atoms with E-state index in [0.717, 1.165) is 17.6 Å². The molecule has 1 aromatic rings. The van der Waals surface area contributed by atoms with Crippen LogP contribution in [0.15, 0.2) is 35.4 Å². The molecule has 3 aliphatic rings. The summed E-state index contributed by atoms with van der Waals surface area (Å²) in [7, 11) is 0. The zero-order valence-electron chi connectivity index (χ0n) is 16.3. The number of esters is 2. The quantitative estimate of drug-likeness (QED) is 0.621. The molecule has 2 aliphatic carbocycles. The van der Waals surface area contributed by atoms with Gasteiger partial charge in [-0.25, -0.2) is 9.18 Å². The molecule has 6 heteroatoms. The van der Waals surface area contributed by atoms with Crippen LogP contribution in [-0.4, -0.2) is 34.9 Å². The summed E-state index contributed by atoms with van der Waals surface area (Å²) in [5, 5.41) is 11.1. The third-order valence-electron chi connectivity index (χ3n) is 6.78. The second kappa shape index (κ2) is 6.69. The Hall–Kier alpha value is -2.21. The zero-order chi connectivity index (χ0) is 20.2. The lowest BCUT2D eigenvalue weighted by Gasteiger charge is -2.31. The van der Waals surface area contributed by atoms with Crippen molar-refractivity contribution in [1.29, 1.82) is 0 Å². The van der Waals surface area contributed by atoms with Crippen LogP contribution in [0.5, 0.6) is 0 Å². The molecule has 1 saturated carbocycles. The normalized spacial score (nSPS) is 37.2. The summed E-state index contributed by atoms with van der Waals surface area (Å²) in [4.78, 5) is 24.7. The molecule has 1 N–H and O–H groups in total. The summed E-state index contributed by atoms with van der Waals surface area (Å²) >= 11 is 0. The minimum atomic E-state index is -0.954. The van der Waals surface area contributed by atoms with Gasteiger partial charge in [-0.2, -0.15) is 0 Å². The molecule has 6 atom stereocenters. The molecule has 0 bridgehead atoms. The Morgan fingerprint density at radius 3 is 2.68 bits per heavy atom. The van der Waals surface area contributed by atoms with Crippen molar-refractivity contribution < 1.29 is 28.6 Å². The van der Waals surface area contributed by atoms with Crippen molar-refractivity contribution in [2.75, 3.05) is 0 Å². The van der Waals surface area contributed by atoms with Gasteiger partial charge in [0, 0.05) is 11.8 Å². The van der Waals surface area contributed by atoms with E-state index in [2.05, 4.69) is 0 Å². The third-order valence-corrected chi connectivity index (χ3v) is 6.78. The zero-order valence-corrected chi connectivity index (χ0v) is 16.3. The van der Waals surface area contributed by atoms with E-state index < -0.39 is 23.5 Å². The summed E-state index contributed by atoms with van der Waals surface area (Å²) in [6.45, 7) is 5.56. The molecule has 1 aromatic carbocycles. The fourth-order valence-electron chi connectivity index (χ4n) is 5.00. The van der Waals surface area contributed by atoms with Gasteiger partial charge in [0.2, 0.25) is 0 Å². The number of aliphatic hydroxyl groups is 1. The molecule has 4 rings (SSSR count). The van der Waals surface area contributed by atoms with Gasteiger partial charge in [-0.3, -0.25) is 4.79 Å². The maximum absolute atomic E-state index is 13.1. The largest absolute Gasteiger partial charge is 0.457 e. The molecule has 0 aromatic heterocycles. The molecule has 0 amide bonds. The Labute approximate surface area is 163 Å². The average Bonchev–Trinajstić information content (AvgIpc) is 3.07. The fraction of sp³-hybridized carbons (Fsp3) is 0.545. The summed E-state index contributed by atoms with van der Waals surface area (Å²) in [6.07, 6.45) is 0.872. The first-order chi connectivity index (χ1) is 13.2. The van der Waals surface area contributed by atoms with Crippen molar-refractivity contribution in [2.24, 2.45) is 17.8 Å². The Morgan fingerprint density at radius 1 is 1.32 bits per heavy atom. The number of benzene rings is 1. The smallest absolute Gasteiger partial charge is 0.338 e. The van der Waals surface area contributed by atoms with Gasteiger partial charge >= 0.3 is 11.9 Å². The maximum atomic E-state index is 13.1. The van der Waals surface area contributed by atoms with E-state index in [0.29, 0.717) is 12.8 Å². The highest BCUT2D eigenvalue weighted by Crippen LogP contribution is 2.52. The number of hydrogen-bond donors (Lipinski definition) is 1. The second-order valence-corrected chi connectivity index (χ2v) is 8.53. The summed E-state index contributed by atoms with van der Waals surface area (Å²) < 4.78 is 24.5. The minimum Gasteiger partial charge on any atom is -0.457 e. The Kier molecular flexibility index (Phi) is 4.57. The molecule has 1 aliphatic heterocycles. The molecule has 5 nitrogen and oxygen atoms in total. The lowest BCUT2D eigenvalue weighted by atomic mass is 9.81. The van der Waals surface area contributed by atoms with E-state index in [1.54, 1.807) is 0 Å². The molecule has 0 radical (unpaired) electrons. The molecule has 2 fully saturated rings. The molecular weight excluding hydrogens is 363 g/mol. The van der Waals surface area contributed by atoms with Gasteiger partial charge in [-0.1, -0.05) is 6.92 Å². The number of ether oxygens (including phenoxy) is 2. The van der Waals surface area contributed by atoms with Crippen molar-refractivity contribution in [3.63, 3.8) is 0 Å². The van der Waals surface area contributed by atoms with E-state index in [1.807, 2.05) is 20.8 Å². The number of carbonyl (C=O) groups excluding carboxylic acids is 2. The third kappa shape index (κ3) is 3.04. The molecule has 1 heterocycles. The second-order valence-electron chi connectivity index (χ2n) is 8.53. The molecule has 150 valence electrons. The summed E-state index contributed by atoms with van der Waals surface area (Å²) in [5.74, 6) is -1.57. The highest BCUT2D eigenvalue weighted by Gasteiger charge is 2.55. The number of carbonyl (C=O) groups is 2. The van der Waals surface area contributed by atoms with E-state index in [4.69, 9.17) is 9.47 Å². The topological polar surface area (TPSA) is 72.8 Å². The predicted molar refractivity (Wildman–Crippen MR) is 98.8 cm³/mol. The van der Waals surface area contributed by atoms with Crippen LogP contribution in [-0.2, 0) is 14.3 Å². The molecule has 1 unspecified atom stereocenters. The van der Waals surface area contributed by atoms with Gasteiger partial charge < -0.3 is 14.6 Å². The Bertz CT molecular complexity index is 841. The van der Waals surface area contributed by atoms with Crippen molar-refractivity contribution in [2.45, 2.75) is 57.8 Å². The number of fused-ring (bicyclic) bond motifs is 3. The average molecular weight is 388 g/mol. The number of hydrogen-bond acceptors (Lipinski definition) is 5. The first-order valence-corrected chi connectivity index (χ1v) is 9.79. The van der Waals surface area contributed by atoms with Crippen LogP contribution in [0.1, 0.15) is 50.4 Å². The van der Waals surface area contributed by atoms with Crippen molar-refractivity contribution in [1.82, 2.24) is 0 Å². The SMILES string of the molecule is CC1=C2C(C[C@@H]1OC(=O)c1ccc(F)cc1)[C@](C)(O)CC[C@H]1[C@H](C)C(=O)O[C@H]21. The van der Waals surface area contributed by atoms with Gasteiger partial charge in [0.1, 0.15) is 18.0 Å². The van der Waals surface area contributed by atoms with Crippen LogP contribution in [0.4, 0.5) is 4.39 Å². The molecular formula is C22H25FO5. The highest BCUT2D eigenvalue weighted by molar-refractivity contribution is 5.89. The number of halogens is 1. The minimum absolute atomic E-state index is 0.0282. The Balaban J connectivity index is 1.64. The summed E-state index contributed by atoms with van der Waals surface area (Å²) in [5.41, 5.74) is 1.07. The van der Waals surface area contributed by atoms with Gasteiger partial charge in [-0.15, -0.1) is 0 Å². The maximum Gasteiger partial charge on any atom is 0.338 e. The van der Waals surface area contributed by atoms with Crippen molar-refractivity contribution in [3.8, 4) is 0 Å². The van der Waals surface area contributed by atoms with Crippen LogP contribution >= 0.6 is 0 Å². The summed E-state index contributed by atoms with van der Waals surface area (Å²) in [6, 6.07) is 5.21. The van der Waals surface area contributed by atoms with Crippen LogP contribution in [0.2, 0.25) is 0 Å². The first-order valence-electron chi connectivity index (χ1n) is 9.79. The molecule has 28 heavy (non-hydrogen) atoms. The van der Waals surface area contributed by atoms with Gasteiger partial charge in [0.15, 0.2) is 0 Å². The van der Waals surface area contributed by atoms with Crippen LogP contribution in [0, 0.1) is 23.6 Å². The lowest BCUT2D eigenvalue weighted by molar-refractivity contribution is -0.143. The van der Waals surface area contributed by atoms with Crippen LogP contribution < -0.4 is 0 Å². The highest BCUT2D eigenvalue weighted by atomic mass is 19.1. The molecule has 0 spiro atoms. The van der Waals surface area contributed by atoms with Gasteiger partial charge in [0.25, 0.3) is 0 Å². The predicted octanol–water partition coefficient (Wildman–Crippen LogP) is 3.41. The van der Waals surface area contributed by atoms with Crippen molar-refractivity contribution >= 4 is 11.9 Å². The van der Waals surface area contributed by atoms with Crippen LogP contribution in [0.3, 0.4) is 0 Å². The standard InChI is InChI=1S/C22H25FO5/c1-11-15-8-9-22(3,26)16-10-17(12(2)18(16)19(15)28-20(11)24)27-21(25)13-4-6-14(23)7-5-13/h4-7,11,15-17,19,26H,8-10H2,1-3H3/t11-,15-,16?,17-,19-,22+/m0/s1. The van der Waals surface area contributed by atoms with Gasteiger partial charge in [0.05, 0.1) is 17.1 Å². The van der Waals surface area contributed by atoms with E-state index in [1.165, 1.54) is 24.3 Å². The van der Waals surface area contributed by atoms with Gasteiger partial charge in [-0.05, 0) is 68.5 Å². The fourth-order valence-corrected chi connectivity index (χ4v) is 5.00. The molecule has 1 saturated heterocycles. The van der Waals surface area contributed by atoms with Crippen molar-refractivity contribution in [3.05, 3.63) is 46.8 Å². The van der Waals surface area contributed by atoms with E-state index in [9.17, 15) is 19.1 Å². The van der Waals surface area contributed by atoms with E-state index in [-0.39, 0.29) is 35.4 Å². The lowest BCUT2D eigenvalue weighted by Crippen LogP contribution is -2.35. The monoisotopic (exact) mass is 388 g/mol. The van der Waals surface area contributed by atoms with E-state index >= 15 is 0 Å².